The lowest BCUT2D eigenvalue weighted by Crippen LogP contribution is -2.33. The number of aryl methyl sites for hydroxylation is 2. The summed E-state index contributed by atoms with van der Waals surface area (Å²) in [5, 5.41) is 30.7. The van der Waals surface area contributed by atoms with Crippen molar-refractivity contribution in [3.8, 4) is 45.8 Å². The van der Waals surface area contributed by atoms with Gasteiger partial charge in [-0.25, -0.2) is 0 Å². The van der Waals surface area contributed by atoms with Crippen molar-refractivity contribution in [3.05, 3.63) is 264 Å². The molecule has 0 fully saturated rings. The van der Waals surface area contributed by atoms with Crippen molar-refractivity contribution in [3.63, 3.8) is 0 Å². The van der Waals surface area contributed by atoms with Crippen LogP contribution in [0.25, 0.3) is 105 Å². The fraction of sp³-hybridized carbons (Fsp3) is 0.0833. The highest BCUT2D eigenvalue weighted by Gasteiger charge is 2.23. The Morgan fingerprint density at radius 3 is 1.65 bits per heavy atom. The van der Waals surface area contributed by atoms with Crippen LogP contribution < -0.4 is 5.46 Å². The fourth-order valence-corrected chi connectivity index (χ4v) is 12.1. The highest BCUT2D eigenvalue weighted by molar-refractivity contribution is 6.86. The molecule has 13 rings (SSSR count). The van der Waals surface area contributed by atoms with Crippen LogP contribution in [0.5, 0.6) is 0 Å². The summed E-state index contributed by atoms with van der Waals surface area (Å²) < 4.78 is 4.89. The van der Waals surface area contributed by atoms with E-state index in [1.165, 1.54) is 81.9 Å². The summed E-state index contributed by atoms with van der Waals surface area (Å²) in [7, 11) is 0. The van der Waals surface area contributed by atoms with Gasteiger partial charge in [-0.15, -0.1) is 0 Å². The first-order valence-electron chi connectivity index (χ1n) is 26.5. The van der Waals surface area contributed by atoms with Gasteiger partial charge < -0.3 is 9.13 Å². The standard InChI is InChI=1S/C57H36N4.C15H19B/c1-35-26-41(33-58)57(42(27-35)34-59)39-21-23-46-38(29-39)20-25-47-45-22-18-36(28-37(45)19-24-48(46)47)40-30-43(60-53-14-6-2-10-49(53)50-11-3-7-15-54(50)60)32-44(31-40)61-55-16-8-4-12-51(55)52-13-5-9-17-56(52)61;1-5-13(4)16(14(6-2)7-3)15-11-9-8-10-12-15/h2-4,6-12,14-32H,5,13H2,1H3;5-12H,2H2,1,3-4H3/b;13-5+,14-7+. The van der Waals surface area contributed by atoms with Crippen molar-refractivity contribution in [2.75, 3.05) is 0 Å². The van der Waals surface area contributed by atoms with Crippen LogP contribution in [0.2, 0.25) is 0 Å². The maximum absolute atomic E-state index is 9.98. The molecule has 0 aliphatic heterocycles. The SMILES string of the molecule is C=C/C(=C\C)B(/C(C)=C/C)c1ccccc1.Cc1cc(C#N)c(-c2ccc3c(ccc4c5ccc(-c6cc(-n7c8c(c9ccccc97)CCC=C8)cc(-n7c8ccccc8c8ccccc87)c6)cc5ccc34)c2)c(C#N)c1. The number of nitriles is 2. The van der Waals surface area contributed by atoms with Crippen molar-refractivity contribution in [1.82, 2.24) is 9.13 Å². The van der Waals surface area contributed by atoms with Gasteiger partial charge in [0.1, 0.15) is 0 Å². The number of benzene rings is 10. The molecule has 0 atom stereocenters. The zero-order valence-electron chi connectivity index (χ0n) is 43.8. The minimum Gasteiger partial charge on any atom is -0.309 e. The monoisotopic (exact) mass is 986 g/mol. The number of aromatic nitrogens is 2. The van der Waals surface area contributed by atoms with Crippen LogP contribution in [-0.4, -0.2) is 15.8 Å². The van der Waals surface area contributed by atoms with Gasteiger partial charge >= 0.3 is 0 Å². The maximum atomic E-state index is 9.98. The second-order valence-corrected chi connectivity index (χ2v) is 20.2. The van der Waals surface area contributed by atoms with Crippen LogP contribution in [-0.2, 0) is 6.42 Å². The van der Waals surface area contributed by atoms with E-state index in [1.54, 1.807) is 0 Å². The zero-order valence-corrected chi connectivity index (χ0v) is 43.8. The molecule has 77 heavy (non-hydrogen) atoms. The van der Waals surface area contributed by atoms with E-state index in [-0.39, 0.29) is 0 Å². The van der Waals surface area contributed by atoms with E-state index in [4.69, 9.17) is 0 Å². The first-order chi connectivity index (χ1) is 37.8. The predicted octanol–water partition coefficient (Wildman–Crippen LogP) is 18.1. The lowest BCUT2D eigenvalue weighted by Gasteiger charge is -2.17. The number of rotatable bonds is 8. The van der Waals surface area contributed by atoms with Gasteiger partial charge in [0, 0.05) is 38.8 Å². The molecule has 0 unspecified atom stereocenters. The van der Waals surface area contributed by atoms with Crippen molar-refractivity contribution >= 4 is 83.3 Å². The second kappa shape index (κ2) is 20.2. The summed E-state index contributed by atoms with van der Waals surface area (Å²) in [6.07, 6.45) is 13.0. The van der Waals surface area contributed by atoms with Crippen molar-refractivity contribution < 1.29 is 0 Å². The normalized spacial score (nSPS) is 12.4. The summed E-state index contributed by atoms with van der Waals surface area (Å²) in [6, 6.07) is 74.4. The summed E-state index contributed by atoms with van der Waals surface area (Å²) in [5.74, 6) is 0. The fourth-order valence-electron chi connectivity index (χ4n) is 12.1. The van der Waals surface area contributed by atoms with Crippen LogP contribution >= 0.6 is 0 Å². The molecule has 1 aliphatic carbocycles. The van der Waals surface area contributed by atoms with Gasteiger partial charge in [-0.2, -0.15) is 10.5 Å². The lowest BCUT2D eigenvalue weighted by molar-refractivity contribution is 0.967. The average Bonchev–Trinajstić information content (AvgIpc) is 4.08. The number of fused-ring (bicyclic) bond motifs is 11. The molecule has 366 valence electrons. The molecule has 2 aromatic heterocycles. The number of allylic oxidation sites excluding steroid dienone is 6. The Kier molecular flexibility index (Phi) is 12.7. The van der Waals surface area contributed by atoms with Crippen molar-refractivity contribution in [2.24, 2.45) is 0 Å². The molecule has 0 saturated carbocycles. The smallest absolute Gasteiger partial charge is 0.236 e. The quantitative estimate of drug-likeness (QED) is 0.0865. The van der Waals surface area contributed by atoms with Gasteiger partial charge in [0.05, 0.1) is 39.8 Å². The molecule has 4 nitrogen and oxygen atoms in total. The van der Waals surface area contributed by atoms with E-state index in [9.17, 15) is 10.5 Å². The minimum absolute atomic E-state index is 0.341. The molecule has 1 aliphatic rings. The van der Waals surface area contributed by atoms with E-state index < -0.39 is 0 Å². The van der Waals surface area contributed by atoms with Crippen molar-refractivity contribution in [1.29, 1.82) is 10.5 Å². The molecule has 12 aromatic rings. The van der Waals surface area contributed by atoms with E-state index in [0.717, 1.165) is 57.2 Å². The van der Waals surface area contributed by atoms with Crippen LogP contribution in [0.1, 0.15) is 55.1 Å². The van der Waals surface area contributed by atoms with Crippen LogP contribution in [0.15, 0.2) is 236 Å². The summed E-state index contributed by atoms with van der Waals surface area (Å²) in [6.45, 7) is 12.5. The molecule has 0 saturated heterocycles. The van der Waals surface area contributed by atoms with Gasteiger partial charge in [-0.3, -0.25) is 0 Å². The summed E-state index contributed by atoms with van der Waals surface area (Å²) in [4.78, 5) is 0. The van der Waals surface area contributed by atoms with Crippen LogP contribution in [0, 0.1) is 29.6 Å². The largest absolute Gasteiger partial charge is 0.309 e. The van der Waals surface area contributed by atoms with Crippen LogP contribution in [0.4, 0.5) is 0 Å². The van der Waals surface area contributed by atoms with Crippen LogP contribution in [0.3, 0.4) is 0 Å². The third kappa shape index (κ3) is 8.44. The summed E-state index contributed by atoms with van der Waals surface area (Å²) in [5.41, 5.74) is 18.3. The Balaban J connectivity index is 0.000000322. The summed E-state index contributed by atoms with van der Waals surface area (Å²) >= 11 is 0. The topological polar surface area (TPSA) is 57.4 Å². The first kappa shape index (κ1) is 48.3. The van der Waals surface area contributed by atoms with E-state index in [1.807, 2.05) is 31.2 Å². The van der Waals surface area contributed by atoms with Crippen molar-refractivity contribution in [2.45, 2.75) is 40.5 Å². The van der Waals surface area contributed by atoms with Gasteiger partial charge in [0.2, 0.25) is 6.71 Å². The third-order valence-electron chi connectivity index (χ3n) is 15.8. The molecular weight excluding hydrogens is 932 g/mol. The second-order valence-electron chi connectivity index (χ2n) is 20.2. The van der Waals surface area contributed by atoms with Gasteiger partial charge in [0.15, 0.2) is 0 Å². The molecule has 0 amide bonds. The Hall–Kier alpha value is -9.68. The molecule has 5 heteroatoms. The van der Waals surface area contributed by atoms with Gasteiger partial charge in [-0.05, 0) is 160 Å². The minimum atomic E-state index is 0.341. The number of hydrogen-bond acceptors (Lipinski definition) is 2. The highest BCUT2D eigenvalue weighted by atomic mass is 15.0. The zero-order chi connectivity index (χ0) is 52.7. The Morgan fingerprint density at radius 2 is 1.06 bits per heavy atom. The van der Waals surface area contributed by atoms with E-state index in [0.29, 0.717) is 23.4 Å². The highest BCUT2D eigenvalue weighted by Crippen LogP contribution is 2.41. The molecule has 10 aromatic carbocycles. The molecule has 0 N–H and O–H groups in total. The van der Waals surface area contributed by atoms with Gasteiger partial charge in [0.25, 0.3) is 0 Å². The Morgan fingerprint density at radius 1 is 0.532 bits per heavy atom. The molecule has 0 radical (unpaired) electrons. The number of hydrogen-bond donors (Lipinski definition) is 0. The van der Waals surface area contributed by atoms with E-state index in [2.05, 4.69) is 249 Å². The average molecular weight is 987 g/mol. The Labute approximate surface area is 450 Å². The Bertz CT molecular complexity index is 4460. The molecule has 0 bridgehead atoms. The number of nitrogens with zero attached hydrogens (tertiary/aromatic N) is 4. The molecule has 0 spiro atoms. The molecule has 2 heterocycles. The van der Waals surface area contributed by atoms with Gasteiger partial charge in [-0.1, -0.05) is 188 Å². The molecular formula is C72H55BN4. The number of para-hydroxylation sites is 3. The lowest BCUT2D eigenvalue weighted by atomic mass is 9.36. The van der Waals surface area contributed by atoms with E-state index >= 15 is 0 Å². The first-order valence-corrected chi connectivity index (χ1v) is 26.5. The predicted molar refractivity (Wildman–Crippen MR) is 328 cm³/mol. The third-order valence-corrected chi connectivity index (χ3v) is 15.8. The maximum Gasteiger partial charge on any atom is 0.236 e.